The summed E-state index contributed by atoms with van der Waals surface area (Å²) < 4.78 is 26.1. The van der Waals surface area contributed by atoms with Crippen molar-refractivity contribution in [2.45, 2.75) is 6.92 Å². The summed E-state index contributed by atoms with van der Waals surface area (Å²) in [5.41, 5.74) is -0.621. The van der Waals surface area contributed by atoms with Crippen LogP contribution >= 0.6 is 0 Å². The van der Waals surface area contributed by atoms with Gasteiger partial charge < -0.3 is 10.1 Å². The second-order valence-corrected chi connectivity index (χ2v) is 3.24. The number of aromatic hydroxyl groups is 1. The van der Waals surface area contributed by atoms with E-state index >= 15 is 0 Å². The quantitative estimate of drug-likeness (QED) is 0.698. The second-order valence-electron chi connectivity index (χ2n) is 3.24. The molecule has 15 heavy (non-hydrogen) atoms. The number of aromatic nitrogens is 1. The number of fused-ring (bicyclic) bond motifs is 1. The number of H-pyrrole nitrogens is 1. The molecule has 2 rings (SSSR count). The van der Waals surface area contributed by atoms with Gasteiger partial charge in [0.15, 0.2) is 5.75 Å². The van der Waals surface area contributed by atoms with Crippen LogP contribution in [0.15, 0.2) is 16.9 Å². The number of aromatic amines is 1. The van der Waals surface area contributed by atoms with Gasteiger partial charge in [-0.05, 0) is 13.0 Å². The molecule has 1 aromatic heterocycles. The second kappa shape index (κ2) is 3.05. The predicted molar refractivity (Wildman–Crippen MR) is 50.9 cm³/mol. The van der Waals surface area contributed by atoms with Crippen molar-refractivity contribution >= 4 is 10.9 Å². The van der Waals surface area contributed by atoms with E-state index in [1.807, 2.05) is 0 Å². The van der Waals surface area contributed by atoms with Crippen molar-refractivity contribution in [1.82, 2.24) is 4.98 Å². The Labute approximate surface area is 83.0 Å². The summed E-state index contributed by atoms with van der Waals surface area (Å²) in [7, 11) is 0. The molecule has 0 bridgehead atoms. The van der Waals surface area contributed by atoms with Crippen molar-refractivity contribution in [2.75, 3.05) is 0 Å². The van der Waals surface area contributed by atoms with Gasteiger partial charge in [0.2, 0.25) is 5.43 Å². The largest absolute Gasteiger partial charge is 0.503 e. The monoisotopic (exact) mass is 211 g/mol. The van der Waals surface area contributed by atoms with Gasteiger partial charge in [-0.3, -0.25) is 4.79 Å². The van der Waals surface area contributed by atoms with Crippen LogP contribution in [0.4, 0.5) is 8.78 Å². The zero-order valence-electron chi connectivity index (χ0n) is 7.77. The van der Waals surface area contributed by atoms with Crippen molar-refractivity contribution in [3.05, 3.63) is 39.7 Å². The van der Waals surface area contributed by atoms with Crippen LogP contribution in [0.1, 0.15) is 5.69 Å². The van der Waals surface area contributed by atoms with E-state index in [2.05, 4.69) is 4.98 Å². The lowest BCUT2D eigenvalue weighted by atomic mass is 10.1. The first-order valence-corrected chi connectivity index (χ1v) is 4.21. The predicted octanol–water partition coefficient (Wildman–Crippen LogP) is 1.82. The molecular formula is C10H7F2NO2. The molecule has 1 heterocycles. The summed E-state index contributed by atoms with van der Waals surface area (Å²) in [5, 5.41) is 8.96. The topological polar surface area (TPSA) is 53.1 Å². The van der Waals surface area contributed by atoms with Crippen molar-refractivity contribution in [2.24, 2.45) is 0 Å². The van der Waals surface area contributed by atoms with Crippen LogP contribution in [-0.4, -0.2) is 10.1 Å². The van der Waals surface area contributed by atoms with Crippen LogP contribution < -0.4 is 5.43 Å². The summed E-state index contributed by atoms with van der Waals surface area (Å²) in [5.74, 6) is -2.31. The van der Waals surface area contributed by atoms with Gasteiger partial charge in [0.05, 0.1) is 16.6 Å². The third-order valence-corrected chi connectivity index (χ3v) is 2.17. The van der Waals surface area contributed by atoms with E-state index in [0.29, 0.717) is 6.07 Å². The highest BCUT2D eigenvalue weighted by molar-refractivity contribution is 5.80. The number of nitrogens with one attached hydrogen (secondary N) is 1. The van der Waals surface area contributed by atoms with E-state index in [4.69, 9.17) is 0 Å². The number of pyridine rings is 1. The zero-order chi connectivity index (χ0) is 11.2. The molecule has 0 fully saturated rings. The van der Waals surface area contributed by atoms with Crippen molar-refractivity contribution in [1.29, 1.82) is 0 Å². The first-order chi connectivity index (χ1) is 7.00. The number of hydrogen-bond donors (Lipinski definition) is 2. The van der Waals surface area contributed by atoms with Crippen LogP contribution in [0.25, 0.3) is 10.9 Å². The molecule has 5 heteroatoms. The Morgan fingerprint density at radius 3 is 2.67 bits per heavy atom. The minimum absolute atomic E-state index is 0.0350. The average Bonchev–Trinajstić information content (AvgIpc) is 2.13. The van der Waals surface area contributed by atoms with Gasteiger partial charge in [0.1, 0.15) is 11.6 Å². The minimum Gasteiger partial charge on any atom is -0.503 e. The van der Waals surface area contributed by atoms with Gasteiger partial charge in [0, 0.05) is 6.07 Å². The molecule has 1 aromatic carbocycles. The van der Waals surface area contributed by atoms with Gasteiger partial charge in [-0.25, -0.2) is 8.78 Å². The third kappa shape index (κ3) is 1.36. The van der Waals surface area contributed by atoms with Gasteiger partial charge in [-0.1, -0.05) is 0 Å². The molecule has 0 spiro atoms. The number of aryl methyl sites for hydroxylation is 1. The van der Waals surface area contributed by atoms with Crippen LogP contribution in [0.2, 0.25) is 0 Å². The summed E-state index contributed by atoms with van der Waals surface area (Å²) in [4.78, 5) is 14.0. The van der Waals surface area contributed by atoms with Crippen molar-refractivity contribution in [3.8, 4) is 5.75 Å². The summed E-state index contributed by atoms with van der Waals surface area (Å²) >= 11 is 0. The van der Waals surface area contributed by atoms with E-state index in [1.54, 1.807) is 0 Å². The lowest BCUT2D eigenvalue weighted by Crippen LogP contribution is -2.07. The molecule has 2 N–H and O–H groups in total. The molecule has 0 amide bonds. The maximum atomic E-state index is 13.2. The van der Waals surface area contributed by atoms with Crippen molar-refractivity contribution < 1.29 is 13.9 Å². The van der Waals surface area contributed by atoms with Crippen LogP contribution in [0.5, 0.6) is 5.75 Å². The molecule has 0 unspecified atom stereocenters. The fraction of sp³-hybridized carbons (Fsp3) is 0.100. The molecule has 2 aromatic rings. The van der Waals surface area contributed by atoms with Crippen LogP contribution in [0.3, 0.4) is 0 Å². The standard InChI is InChI=1S/C10H7F2NO2/c1-4-9(14)10(15)8-6(12)2-5(11)3-7(8)13-4/h2-3,14H,1H3,(H,13,15). The molecule has 0 radical (unpaired) electrons. The first kappa shape index (κ1) is 9.64. The Morgan fingerprint density at radius 1 is 1.33 bits per heavy atom. The number of hydrogen-bond acceptors (Lipinski definition) is 2. The first-order valence-electron chi connectivity index (χ1n) is 4.21. The highest BCUT2D eigenvalue weighted by atomic mass is 19.1. The third-order valence-electron chi connectivity index (χ3n) is 2.17. The summed E-state index contributed by atoms with van der Waals surface area (Å²) in [6, 6.07) is 1.61. The van der Waals surface area contributed by atoms with E-state index in [-0.39, 0.29) is 16.6 Å². The Balaban J connectivity index is 3.06. The SMILES string of the molecule is Cc1[nH]c2cc(F)cc(F)c2c(=O)c1O. The fourth-order valence-electron chi connectivity index (χ4n) is 1.45. The molecule has 0 aliphatic rings. The smallest absolute Gasteiger partial charge is 0.234 e. The van der Waals surface area contributed by atoms with Gasteiger partial charge in [-0.15, -0.1) is 0 Å². The highest BCUT2D eigenvalue weighted by Crippen LogP contribution is 2.18. The van der Waals surface area contributed by atoms with Crippen LogP contribution in [-0.2, 0) is 0 Å². The Bertz CT molecular complexity index is 604. The van der Waals surface area contributed by atoms with E-state index < -0.39 is 22.8 Å². The van der Waals surface area contributed by atoms with Crippen LogP contribution in [0, 0.1) is 18.6 Å². The molecule has 0 atom stereocenters. The average molecular weight is 211 g/mol. The molecule has 0 aliphatic carbocycles. The molecule has 78 valence electrons. The lowest BCUT2D eigenvalue weighted by molar-refractivity contribution is 0.463. The summed E-state index contributed by atoms with van der Waals surface area (Å²) in [6.07, 6.45) is 0. The normalized spacial score (nSPS) is 10.9. The Kier molecular flexibility index (Phi) is 1.96. The lowest BCUT2D eigenvalue weighted by Gasteiger charge is -2.03. The van der Waals surface area contributed by atoms with Crippen molar-refractivity contribution in [3.63, 3.8) is 0 Å². The van der Waals surface area contributed by atoms with Gasteiger partial charge in [0.25, 0.3) is 0 Å². The number of benzene rings is 1. The Morgan fingerprint density at radius 2 is 2.00 bits per heavy atom. The van der Waals surface area contributed by atoms with E-state index in [0.717, 1.165) is 6.07 Å². The number of halogens is 2. The molecule has 0 saturated carbocycles. The molecule has 0 saturated heterocycles. The van der Waals surface area contributed by atoms with Gasteiger partial charge >= 0.3 is 0 Å². The fourth-order valence-corrected chi connectivity index (χ4v) is 1.45. The van der Waals surface area contributed by atoms with E-state index in [9.17, 15) is 18.7 Å². The Hall–Kier alpha value is -1.91. The maximum Gasteiger partial charge on any atom is 0.234 e. The maximum absolute atomic E-state index is 13.2. The van der Waals surface area contributed by atoms with E-state index in [1.165, 1.54) is 6.92 Å². The van der Waals surface area contributed by atoms with Gasteiger partial charge in [-0.2, -0.15) is 0 Å². The number of rotatable bonds is 0. The summed E-state index contributed by atoms with van der Waals surface area (Å²) in [6.45, 7) is 1.44. The molecule has 0 aliphatic heterocycles. The highest BCUT2D eigenvalue weighted by Gasteiger charge is 2.12. The minimum atomic E-state index is -0.985. The molecule has 3 nitrogen and oxygen atoms in total. The zero-order valence-corrected chi connectivity index (χ0v) is 7.77. The molecular weight excluding hydrogens is 204 g/mol.